The fourth-order valence-corrected chi connectivity index (χ4v) is 4.64. The van der Waals surface area contributed by atoms with Crippen LogP contribution in [0.2, 0.25) is 0 Å². The minimum Gasteiger partial charge on any atom is -0.354 e. The normalized spacial score (nSPS) is 13.8. The first kappa shape index (κ1) is 25.4. The summed E-state index contributed by atoms with van der Waals surface area (Å²) in [6.45, 7) is 19.3. The summed E-state index contributed by atoms with van der Waals surface area (Å²) in [5.74, 6) is 0.513. The van der Waals surface area contributed by atoms with Gasteiger partial charge in [0.2, 0.25) is 5.91 Å². The topological polar surface area (TPSA) is 35.6 Å². The Morgan fingerprint density at radius 3 is 2.13 bits per heavy atom. The van der Waals surface area contributed by atoms with Crippen LogP contribution in [0.5, 0.6) is 0 Å². The number of carbonyl (C=O) groups excluding carboxylic acids is 1. The Hall–Kier alpha value is -1.91. The zero-order valence-electron chi connectivity index (χ0n) is 20.6. The summed E-state index contributed by atoms with van der Waals surface area (Å²) < 4.78 is 0. The van der Waals surface area contributed by atoms with Crippen LogP contribution in [-0.4, -0.2) is 61.5 Å². The van der Waals surface area contributed by atoms with Crippen LogP contribution in [0.15, 0.2) is 42.5 Å². The van der Waals surface area contributed by atoms with Gasteiger partial charge in [0, 0.05) is 12.0 Å². The number of hydrogen-bond donors (Lipinski definition) is 1. The van der Waals surface area contributed by atoms with Crippen LogP contribution in [0.4, 0.5) is 0 Å². The van der Waals surface area contributed by atoms with E-state index in [0.29, 0.717) is 19.0 Å². The Balaban J connectivity index is 2.42. The van der Waals surface area contributed by atoms with E-state index in [-0.39, 0.29) is 11.3 Å². The molecule has 0 saturated heterocycles. The zero-order valence-corrected chi connectivity index (χ0v) is 20.6. The number of fused-ring (bicyclic) bond motifs is 1. The highest BCUT2D eigenvalue weighted by atomic mass is 16.2. The van der Waals surface area contributed by atoms with Crippen LogP contribution in [0.1, 0.15) is 53.5 Å². The molecule has 0 radical (unpaired) electrons. The largest absolute Gasteiger partial charge is 0.354 e. The van der Waals surface area contributed by atoms with Crippen LogP contribution < -0.4 is 5.32 Å². The third kappa shape index (κ3) is 6.30. The van der Waals surface area contributed by atoms with E-state index in [4.69, 9.17) is 0 Å². The molecule has 31 heavy (non-hydrogen) atoms. The molecule has 1 atom stereocenters. The summed E-state index contributed by atoms with van der Waals surface area (Å²) in [5, 5.41) is 5.90. The summed E-state index contributed by atoms with van der Waals surface area (Å²) in [4.78, 5) is 17.5. The minimum absolute atomic E-state index is 0.122. The molecule has 1 N–H and O–H groups in total. The fourth-order valence-electron chi connectivity index (χ4n) is 4.64. The van der Waals surface area contributed by atoms with Crippen molar-refractivity contribution in [3.63, 3.8) is 0 Å². The summed E-state index contributed by atoms with van der Waals surface area (Å²) in [5.41, 5.74) is 1.23. The molecule has 1 unspecified atom stereocenters. The Kier molecular flexibility index (Phi) is 9.98. The van der Waals surface area contributed by atoms with Crippen molar-refractivity contribution in [3.8, 4) is 0 Å². The van der Waals surface area contributed by atoms with Crippen molar-refractivity contribution < 1.29 is 4.79 Å². The lowest BCUT2D eigenvalue weighted by Gasteiger charge is -2.41. The third-order valence-electron chi connectivity index (χ3n) is 7.06. The minimum atomic E-state index is -0.123. The standard InChI is InChI=1S/C27H43N3O/c1-7-29(8-2)19-18-27(22(5)6,21-28-26(31)20-30(9-3)10-4)25-17-13-15-23-14-11-12-16-24(23)25/h11-17,22H,7-10,18-21H2,1-6H3,(H,28,31). The number of hydrogen-bond acceptors (Lipinski definition) is 3. The van der Waals surface area contributed by atoms with E-state index in [0.717, 1.165) is 39.1 Å². The maximum atomic E-state index is 12.8. The highest BCUT2D eigenvalue weighted by Crippen LogP contribution is 2.39. The van der Waals surface area contributed by atoms with E-state index in [2.05, 4.69) is 99.1 Å². The molecule has 0 heterocycles. The first-order chi connectivity index (χ1) is 14.9. The third-order valence-corrected chi connectivity index (χ3v) is 7.06. The molecule has 2 rings (SSSR count). The van der Waals surface area contributed by atoms with Gasteiger partial charge in [0.1, 0.15) is 0 Å². The van der Waals surface area contributed by atoms with Gasteiger partial charge in [-0.2, -0.15) is 0 Å². The Morgan fingerprint density at radius 2 is 1.52 bits per heavy atom. The van der Waals surface area contributed by atoms with Crippen LogP contribution in [0.25, 0.3) is 10.8 Å². The lowest BCUT2D eigenvalue weighted by atomic mass is 9.67. The van der Waals surface area contributed by atoms with E-state index in [1.165, 1.54) is 16.3 Å². The van der Waals surface area contributed by atoms with Crippen LogP contribution in [0, 0.1) is 5.92 Å². The molecule has 4 heteroatoms. The fraction of sp³-hybridized carbons (Fsp3) is 0.593. The molecular weight excluding hydrogens is 382 g/mol. The molecule has 0 saturated carbocycles. The average Bonchev–Trinajstić information content (AvgIpc) is 2.79. The Morgan fingerprint density at radius 1 is 0.903 bits per heavy atom. The first-order valence-electron chi connectivity index (χ1n) is 12.1. The molecular formula is C27H43N3O. The maximum Gasteiger partial charge on any atom is 0.234 e. The monoisotopic (exact) mass is 425 g/mol. The molecule has 0 bridgehead atoms. The van der Waals surface area contributed by atoms with Crippen LogP contribution in [-0.2, 0) is 10.2 Å². The summed E-state index contributed by atoms with van der Waals surface area (Å²) >= 11 is 0. The van der Waals surface area contributed by atoms with E-state index >= 15 is 0 Å². The van der Waals surface area contributed by atoms with E-state index in [1.807, 2.05) is 0 Å². The Labute approximate surface area is 190 Å². The smallest absolute Gasteiger partial charge is 0.234 e. The van der Waals surface area contributed by atoms with E-state index in [1.54, 1.807) is 0 Å². The zero-order chi connectivity index (χ0) is 22.9. The van der Waals surface area contributed by atoms with Gasteiger partial charge in [0.25, 0.3) is 0 Å². The summed E-state index contributed by atoms with van der Waals surface area (Å²) in [6, 6.07) is 15.3. The molecule has 0 aromatic heterocycles. The molecule has 1 amide bonds. The molecule has 0 aliphatic rings. The van der Waals surface area contributed by atoms with Crippen LogP contribution in [0.3, 0.4) is 0 Å². The van der Waals surface area contributed by atoms with E-state index < -0.39 is 0 Å². The molecule has 0 aliphatic heterocycles. The van der Waals surface area contributed by atoms with Crippen LogP contribution >= 0.6 is 0 Å². The van der Waals surface area contributed by atoms with Crippen molar-refractivity contribution in [1.82, 2.24) is 15.1 Å². The SMILES string of the molecule is CCN(CC)CCC(CNC(=O)CN(CC)CC)(c1cccc2ccccc12)C(C)C. The number of amides is 1. The second-order valence-electron chi connectivity index (χ2n) is 8.85. The van der Waals surface area contributed by atoms with Gasteiger partial charge in [0.15, 0.2) is 0 Å². The van der Waals surface area contributed by atoms with Gasteiger partial charge in [0.05, 0.1) is 6.54 Å². The Bertz CT molecular complexity index is 806. The van der Waals surface area contributed by atoms with Gasteiger partial charge in [-0.15, -0.1) is 0 Å². The van der Waals surface area contributed by atoms with Gasteiger partial charge >= 0.3 is 0 Å². The van der Waals surface area contributed by atoms with Crippen molar-refractivity contribution in [2.24, 2.45) is 5.92 Å². The van der Waals surface area contributed by atoms with Crippen molar-refractivity contribution in [2.45, 2.75) is 53.4 Å². The van der Waals surface area contributed by atoms with Crippen molar-refractivity contribution in [1.29, 1.82) is 0 Å². The number of carbonyl (C=O) groups is 1. The molecule has 172 valence electrons. The molecule has 2 aromatic rings. The molecule has 2 aromatic carbocycles. The highest BCUT2D eigenvalue weighted by molar-refractivity contribution is 5.87. The molecule has 4 nitrogen and oxygen atoms in total. The van der Waals surface area contributed by atoms with Gasteiger partial charge in [-0.05, 0) is 61.4 Å². The predicted molar refractivity (Wildman–Crippen MR) is 134 cm³/mol. The molecule has 0 spiro atoms. The van der Waals surface area contributed by atoms with Crippen molar-refractivity contribution in [3.05, 3.63) is 48.0 Å². The van der Waals surface area contributed by atoms with Gasteiger partial charge in [-0.3, -0.25) is 9.69 Å². The van der Waals surface area contributed by atoms with Crippen molar-refractivity contribution in [2.75, 3.05) is 45.8 Å². The summed E-state index contributed by atoms with van der Waals surface area (Å²) in [7, 11) is 0. The molecule has 0 fully saturated rings. The van der Waals surface area contributed by atoms with Crippen molar-refractivity contribution >= 4 is 16.7 Å². The number of nitrogens with one attached hydrogen (secondary N) is 1. The lowest BCUT2D eigenvalue weighted by Crippen LogP contribution is -2.48. The highest BCUT2D eigenvalue weighted by Gasteiger charge is 2.37. The first-order valence-corrected chi connectivity index (χ1v) is 12.1. The predicted octanol–water partition coefficient (Wildman–Crippen LogP) is 4.92. The summed E-state index contributed by atoms with van der Waals surface area (Å²) in [6.07, 6.45) is 1.02. The van der Waals surface area contributed by atoms with E-state index in [9.17, 15) is 4.79 Å². The lowest BCUT2D eigenvalue weighted by molar-refractivity contribution is -0.122. The number of likely N-dealkylation sites (N-methyl/N-ethyl adjacent to an activating group) is 1. The molecule has 0 aliphatic carbocycles. The van der Waals surface area contributed by atoms with Gasteiger partial charge in [-0.25, -0.2) is 0 Å². The number of rotatable bonds is 13. The quantitative estimate of drug-likeness (QED) is 0.495. The number of benzene rings is 2. The van der Waals surface area contributed by atoms with Gasteiger partial charge < -0.3 is 10.2 Å². The second kappa shape index (κ2) is 12.2. The second-order valence-corrected chi connectivity index (χ2v) is 8.85. The average molecular weight is 426 g/mol. The van der Waals surface area contributed by atoms with Gasteiger partial charge in [-0.1, -0.05) is 84.0 Å². The maximum absolute atomic E-state index is 12.8. The number of nitrogens with zero attached hydrogens (tertiary/aromatic N) is 2.